The zero-order chi connectivity index (χ0) is 11.4. The van der Waals surface area contributed by atoms with Crippen molar-refractivity contribution >= 4 is 0 Å². The van der Waals surface area contributed by atoms with Crippen molar-refractivity contribution in [3.63, 3.8) is 0 Å². The van der Waals surface area contributed by atoms with Gasteiger partial charge in [0.05, 0.1) is 25.0 Å². The smallest absolute Gasteiger partial charge is 0.120 e. The molecule has 0 spiro atoms. The molecule has 1 unspecified atom stereocenters. The molecule has 0 aromatic carbocycles. The molecule has 0 saturated carbocycles. The number of furan rings is 1. The molecule has 0 radical (unpaired) electrons. The third-order valence-corrected chi connectivity index (χ3v) is 2.96. The largest absolute Gasteiger partial charge is 0.468 e. The minimum atomic E-state index is 0.242. The second kappa shape index (κ2) is 5.48. The second-order valence-electron chi connectivity index (χ2n) is 4.40. The summed E-state index contributed by atoms with van der Waals surface area (Å²) in [5.74, 6) is 0.976. The van der Waals surface area contributed by atoms with Crippen molar-refractivity contribution in [3.8, 4) is 0 Å². The van der Waals surface area contributed by atoms with Crippen molar-refractivity contribution in [3.05, 3.63) is 24.2 Å². The molecular formula is C12H20N2O2. The summed E-state index contributed by atoms with van der Waals surface area (Å²) < 4.78 is 11.0. The fraction of sp³-hybridized carbons (Fsp3) is 0.667. The zero-order valence-electron chi connectivity index (χ0n) is 9.98. The van der Waals surface area contributed by atoms with Crippen LogP contribution in [0.1, 0.15) is 18.7 Å². The Morgan fingerprint density at radius 3 is 3.19 bits per heavy atom. The van der Waals surface area contributed by atoms with E-state index in [4.69, 9.17) is 9.15 Å². The molecule has 2 rings (SSSR count). The molecule has 4 nitrogen and oxygen atoms in total. The van der Waals surface area contributed by atoms with Crippen molar-refractivity contribution in [1.82, 2.24) is 10.2 Å². The number of ether oxygens (including phenoxy) is 1. The molecule has 1 aliphatic heterocycles. The van der Waals surface area contributed by atoms with E-state index in [2.05, 4.69) is 24.2 Å². The molecular weight excluding hydrogens is 204 g/mol. The molecule has 4 heteroatoms. The van der Waals surface area contributed by atoms with E-state index >= 15 is 0 Å². The first-order chi connectivity index (χ1) is 7.75. The lowest BCUT2D eigenvalue weighted by Crippen LogP contribution is -2.45. The van der Waals surface area contributed by atoms with Gasteiger partial charge in [0, 0.05) is 19.6 Å². The number of nitrogens with zero attached hydrogens (tertiary/aromatic N) is 1. The van der Waals surface area contributed by atoms with E-state index in [9.17, 15) is 0 Å². The predicted molar refractivity (Wildman–Crippen MR) is 62.4 cm³/mol. The first-order valence-corrected chi connectivity index (χ1v) is 5.82. The highest BCUT2D eigenvalue weighted by molar-refractivity contribution is 5.02. The van der Waals surface area contributed by atoms with Gasteiger partial charge >= 0.3 is 0 Å². The van der Waals surface area contributed by atoms with Crippen LogP contribution >= 0.6 is 0 Å². The van der Waals surface area contributed by atoms with Gasteiger partial charge in [-0.25, -0.2) is 0 Å². The van der Waals surface area contributed by atoms with Crippen molar-refractivity contribution < 1.29 is 9.15 Å². The minimum Gasteiger partial charge on any atom is -0.468 e. The lowest BCUT2D eigenvalue weighted by molar-refractivity contribution is -0.0193. The van der Waals surface area contributed by atoms with E-state index in [1.54, 1.807) is 6.26 Å². The maximum Gasteiger partial charge on any atom is 0.120 e. The van der Waals surface area contributed by atoms with Gasteiger partial charge in [-0.1, -0.05) is 0 Å². The number of hydrogen-bond donors (Lipinski definition) is 1. The van der Waals surface area contributed by atoms with E-state index in [-0.39, 0.29) is 12.1 Å². The average Bonchev–Trinajstić information content (AvgIpc) is 2.79. The van der Waals surface area contributed by atoms with Gasteiger partial charge in [0.2, 0.25) is 0 Å². The standard InChI is InChI=1S/C12H20N2O2/c1-10(12-4-3-6-16-12)13-8-11-9-14(2)5-7-15-11/h3-4,6,10-11,13H,5,7-9H2,1-2H3/t10-,11?/m1/s1. The van der Waals surface area contributed by atoms with Gasteiger partial charge in [0.15, 0.2) is 0 Å². The molecule has 1 aromatic rings. The fourth-order valence-electron chi connectivity index (χ4n) is 1.94. The summed E-state index contributed by atoms with van der Waals surface area (Å²) in [6.45, 7) is 5.83. The topological polar surface area (TPSA) is 37.6 Å². The minimum absolute atomic E-state index is 0.242. The van der Waals surface area contributed by atoms with Crippen molar-refractivity contribution in [2.45, 2.75) is 19.1 Å². The van der Waals surface area contributed by atoms with Crippen molar-refractivity contribution in [2.24, 2.45) is 0 Å². The number of nitrogens with one attached hydrogen (secondary N) is 1. The van der Waals surface area contributed by atoms with Gasteiger partial charge in [0.25, 0.3) is 0 Å². The van der Waals surface area contributed by atoms with Gasteiger partial charge in [-0.2, -0.15) is 0 Å². The predicted octanol–water partition coefficient (Wildman–Crippen LogP) is 1.26. The molecule has 0 amide bonds. The summed E-state index contributed by atoms with van der Waals surface area (Å²) in [4.78, 5) is 2.30. The maximum atomic E-state index is 5.68. The molecule has 1 aliphatic rings. The van der Waals surface area contributed by atoms with Crippen LogP contribution in [0.2, 0.25) is 0 Å². The number of likely N-dealkylation sites (N-methyl/N-ethyl adjacent to an activating group) is 1. The van der Waals surface area contributed by atoms with Gasteiger partial charge < -0.3 is 19.4 Å². The van der Waals surface area contributed by atoms with E-state index in [0.717, 1.165) is 32.0 Å². The third-order valence-electron chi connectivity index (χ3n) is 2.96. The van der Waals surface area contributed by atoms with Crippen LogP contribution in [-0.4, -0.2) is 44.3 Å². The lowest BCUT2D eigenvalue weighted by atomic mass is 10.2. The van der Waals surface area contributed by atoms with Crippen LogP contribution in [0.15, 0.2) is 22.8 Å². The van der Waals surface area contributed by atoms with E-state index in [1.807, 2.05) is 12.1 Å². The van der Waals surface area contributed by atoms with Crippen LogP contribution in [0.4, 0.5) is 0 Å². The Morgan fingerprint density at radius 2 is 2.50 bits per heavy atom. The summed E-state index contributed by atoms with van der Waals surface area (Å²) in [5.41, 5.74) is 0. The Kier molecular flexibility index (Phi) is 3.98. The van der Waals surface area contributed by atoms with Crippen LogP contribution in [0.3, 0.4) is 0 Å². The molecule has 2 heterocycles. The maximum absolute atomic E-state index is 5.68. The second-order valence-corrected chi connectivity index (χ2v) is 4.40. The van der Waals surface area contributed by atoms with Crippen LogP contribution < -0.4 is 5.32 Å². The molecule has 1 N–H and O–H groups in total. The summed E-state index contributed by atoms with van der Waals surface area (Å²) in [6.07, 6.45) is 1.99. The molecule has 16 heavy (non-hydrogen) atoms. The number of hydrogen-bond acceptors (Lipinski definition) is 4. The fourth-order valence-corrected chi connectivity index (χ4v) is 1.94. The summed E-state index contributed by atoms with van der Waals surface area (Å²) in [7, 11) is 2.13. The Morgan fingerprint density at radius 1 is 1.62 bits per heavy atom. The molecule has 1 saturated heterocycles. The van der Waals surface area contributed by atoms with Crippen LogP contribution in [0.25, 0.3) is 0 Å². The normalized spacial score (nSPS) is 24.5. The SMILES string of the molecule is C[C@@H](NCC1CN(C)CCO1)c1ccco1. The van der Waals surface area contributed by atoms with Crippen LogP contribution in [0, 0.1) is 0 Å². The molecule has 1 aromatic heterocycles. The summed E-state index contributed by atoms with van der Waals surface area (Å²) >= 11 is 0. The quantitative estimate of drug-likeness (QED) is 0.835. The average molecular weight is 224 g/mol. The first kappa shape index (κ1) is 11.6. The molecule has 0 bridgehead atoms. The first-order valence-electron chi connectivity index (χ1n) is 5.82. The zero-order valence-corrected chi connectivity index (χ0v) is 9.98. The van der Waals surface area contributed by atoms with E-state index < -0.39 is 0 Å². The van der Waals surface area contributed by atoms with Crippen molar-refractivity contribution in [1.29, 1.82) is 0 Å². The highest BCUT2D eigenvalue weighted by Gasteiger charge is 2.18. The van der Waals surface area contributed by atoms with E-state index in [0.29, 0.717) is 0 Å². The molecule has 2 atom stereocenters. The molecule has 1 fully saturated rings. The van der Waals surface area contributed by atoms with Gasteiger partial charge in [-0.05, 0) is 26.1 Å². The Labute approximate surface area is 96.6 Å². The molecule has 90 valence electrons. The Bertz CT molecular complexity index is 300. The van der Waals surface area contributed by atoms with Crippen molar-refractivity contribution in [2.75, 3.05) is 33.3 Å². The van der Waals surface area contributed by atoms with Crippen LogP contribution in [0.5, 0.6) is 0 Å². The highest BCUT2D eigenvalue weighted by atomic mass is 16.5. The Hall–Kier alpha value is -0.840. The van der Waals surface area contributed by atoms with Gasteiger partial charge in [-0.3, -0.25) is 0 Å². The monoisotopic (exact) mass is 224 g/mol. The van der Waals surface area contributed by atoms with Gasteiger partial charge in [-0.15, -0.1) is 0 Å². The van der Waals surface area contributed by atoms with Gasteiger partial charge in [0.1, 0.15) is 5.76 Å². The van der Waals surface area contributed by atoms with E-state index in [1.165, 1.54) is 0 Å². The Balaban J connectivity index is 1.74. The van der Waals surface area contributed by atoms with Crippen LogP contribution in [-0.2, 0) is 4.74 Å². The highest BCUT2D eigenvalue weighted by Crippen LogP contribution is 2.12. The number of rotatable bonds is 4. The number of morpholine rings is 1. The lowest BCUT2D eigenvalue weighted by Gasteiger charge is -2.30. The third kappa shape index (κ3) is 3.07. The summed E-state index contributed by atoms with van der Waals surface area (Å²) in [6, 6.07) is 4.15. The molecule has 0 aliphatic carbocycles. The summed E-state index contributed by atoms with van der Waals surface area (Å²) in [5, 5.41) is 3.43.